The number of hydrogen-bond donors (Lipinski definition) is 2. The quantitative estimate of drug-likeness (QED) is 0.770. The molecule has 0 aliphatic carbocycles. The van der Waals surface area contributed by atoms with Crippen molar-refractivity contribution in [1.82, 2.24) is 10.4 Å². The molecule has 1 atom stereocenters. The van der Waals surface area contributed by atoms with Crippen molar-refractivity contribution in [3.63, 3.8) is 0 Å². The van der Waals surface area contributed by atoms with Crippen molar-refractivity contribution in [2.24, 2.45) is 5.73 Å². The van der Waals surface area contributed by atoms with Gasteiger partial charge < -0.3 is 10.5 Å². The summed E-state index contributed by atoms with van der Waals surface area (Å²) in [6.45, 7) is 0.763. The molecule has 1 amide bonds. The number of rotatable bonds is 3. The first kappa shape index (κ1) is 12.9. The molecule has 5 nitrogen and oxygen atoms in total. The minimum Gasteiger partial charge on any atom is -0.493 e. The van der Waals surface area contributed by atoms with Gasteiger partial charge in [0.25, 0.3) is 5.91 Å². The van der Waals surface area contributed by atoms with Crippen LogP contribution in [0.1, 0.15) is 23.6 Å². The SMILES string of the molecule is CN(C)NC(=O)C(N)c1ccc2c(c1)CCCO2. The summed E-state index contributed by atoms with van der Waals surface area (Å²) in [5, 5.41) is 1.59. The maximum absolute atomic E-state index is 11.8. The van der Waals surface area contributed by atoms with Gasteiger partial charge in [-0.05, 0) is 30.0 Å². The molecule has 3 N–H and O–H groups in total. The van der Waals surface area contributed by atoms with Gasteiger partial charge in [-0.1, -0.05) is 12.1 Å². The van der Waals surface area contributed by atoms with E-state index in [-0.39, 0.29) is 5.91 Å². The molecule has 0 saturated heterocycles. The normalized spacial score (nSPS) is 15.8. The number of hydrazine groups is 1. The molecule has 1 aromatic rings. The maximum atomic E-state index is 11.8. The number of nitrogens with one attached hydrogen (secondary N) is 1. The van der Waals surface area contributed by atoms with Crippen molar-refractivity contribution in [2.75, 3.05) is 20.7 Å². The van der Waals surface area contributed by atoms with E-state index in [1.165, 1.54) is 0 Å². The highest BCUT2D eigenvalue weighted by atomic mass is 16.5. The van der Waals surface area contributed by atoms with Gasteiger partial charge in [-0.2, -0.15) is 0 Å². The first-order chi connectivity index (χ1) is 8.58. The van der Waals surface area contributed by atoms with Crippen LogP contribution in [0, 0.1) is 0 Å². The molecule has 1 heterocycles. The van der Waals surface area contributed by atoms with Crippen molar-refractivity contribution in [3.05, 3.63) is 29.3 Å². The summed E-state index contributed by atoms with van der Waals surface area (Å²) >= 11 is 0. The fraction of sp³-hybridized carbons (Fsp3) is 0.462. The van der Waals surface area contributed by atoms with Crippen LogP contribution in [0.15, 0.2) is 18.2 Å². The highest BCUT2D eigenvalue weighted by molar-refractivity contribution is 5.82. The average molecular weight is 249 g/mol. The third-order valence-electron chi connectivity index (χ3n) is 2.91. The van der Waals surface area contributed by atoms with E-state index in [1.807, 2.05) is 18.2 Å². The van der Waals surface area contributed by atoms with Crippen LogP contribution in [0.4, 0.5) is 0 Å². The number of carbonyl (C=O) groups excluding carboxylic acids is 1. The lowest BCUT2D eigenvalue weighted by molar-refractivity contribution is -0.126. The lowest BCUT2D eigenvalue weighted by Crippen LogP contribution is -2.42. The van der Waals surface area contributed by atoms with Crippen LogP contribution in [0.2, 0.25) is 0 Å². The number of benzene rings is 1. The minimum atomic E-state index is -0.653. The van der Waals surface area contributed by atoms with Crippen LogP contribution in [0.5, 0.6) is 5.75 Å². The molecule has 1 unspecified atom stereocenters. The molecule has 1 aromatic carbocycles. The standard InChI is InChI=1S/C13H19N3O2/c1-16(2)15-13(17)12(14)10-5-6-11-9(8-10)4-3-7-18-11/h5-6,8,12H,3-4,7,14H2,1-2H3,(H,15,17). The Bertz CT molecular complexity index is 446. The van der Waals surface area contributed by atoms with Crippen LogP contribution >= 0.6 is 0 Å². The monoisotopic (exact) mass is 249 g/mol. The summed E-state index contributed by atoms with van der Waals surface area (Å²) in [7, 11) is 3.51. The van der Waals surface area contributed by atoms with Gasteiger partial charge in [0.15, 0.2) is 0 Å². The Morgan fingerprint density at radius 3 is 3.00 bits per heavy atom. The minimum absolute atomic E-state index is 0.211. The first-order valence-electron chi connectivity index (χ1n) is 6.07. The van der Waals surface area contributed by atoms with Crippen molar-refractivity contribution in [1.29, 1.82) is 0 Å². The van der Waals surface area contributed by atoms with Crippen molar-refractivity contribution >= 4 is 5.91 Å². The van der Waals surface area contributed by atoms with E-state index < -0.39 is 6.04 Å². The molecule has 5 heteroatoms. The Kier molecular flexibility index (Phi) is 3.84. The molecule has 0 radical (unpaired) electrons. The number of hydrogen-bond acceptors (Lipinski definition) is 4. The van der Waals surface area contributed by atoms with Gasteiger partial charge in [0.05, 0.1) is 6.61 Å². The van der Waals surface area contributed by atoms with Crippen LogP contribution in [-0.4, -0.2) is 31.6 Å². The van der Waals surface area contributed by atoms with Gasteiger partial charge in [-0.25, -0.2) is 5.01 Å². The molecule has 0 spiro atoms. The number of carbonyl (C=O) groups is 1. The number of fused-ring (bicyclic) bond motifs is 1. The first-order valence-corrected chi connectivity index (χ1v) is 6.07. The number of ether oxygens (including phenoxy) is 1. The third kappa shape index (κ3) is 2.80. The lowest BCUT2D eigenvalue weighted by atomic mass is 9.99. The number of amides is 1. The van der Waals surface area contributed by atoms with E-state index >= 15 is 0 Å². The zero-order valence-electron chi connectivity index (χ0n) is 10.8. The Balaban J connectivity index is 2.15. The summed E-state index contributed by atoms with van der Waals surface area (Å²) in [4.78, 5) is 11.8. The van der Waals surface area contributed by atoms with Crippen LogP contribution in [-0.2, 0) is 11.2 Å². The van der Waals surface area contributed by atoms with E-state index in [4.69, 9.17) is 10.5 Å². The Morgan fingerprint density at radius 2 is 2.28 bits per heavy atom. The second-order valence-electron chi connectivity index (χ2n) is 4.67. The van der Waals surface area contributed by atoms with Gasteiger partial charge in [0.1, 0.15) is 11.8 Å². The van der Waals surface area contributed by atoms with E-state index in [2.05, 4.69) is 5.43 Å². The molecule has 0 fully saturated rings. The topological polar surface area (TPSA) is 67.6 Å². The fourth-order valence-electron chi connectivity index (χ4n) is 2.02. The van der Waals surface area contributed by atoms with E-state index in [9.17, 15) is 4.79 Å². The predicted octanol–water partition coefficient (Wildman–Crippen LogP) is 0.604. The summed E-state index contributed by atoms with van der Waals surface area (Å²) in [6, 6.07) is 5.06. The largest absolute Gasteiger partial charge is 0.493 e. The van der Waals surface area contributed by atoms with Crippen molar-refractivity contribution in [3.8, 4) is 5.75 Å². The Labute approximate surface area is 107 Å². The van der Waals surface area contributed by atoms with Crippen LogP contribution in [0.3, 0.4) is 0 Å². The van der Waals surface area contributed by atoms with E-state index in [0.717, 1.165) is 36.3 Å². The van der Waals surface area contributed by atoms with Crippen LogP contribution < -0.4 is 15.9 Å². The Morgan fingerprint density at radius 1 is 1.50 bits per heavy atom. The molecule has 0 aromatic heterocycles. The van der Waals surface area contributed by atoms with Crippen molar-refractivity contribution < 1.29 is 9.53 Å². The second kappa shape index (κ2) is 5.37. The zero-order valence-corrected chi connectivity index (χ0v) is 10.8. The molecule has 0 saturated carbocycles. The molecule has 1 aliphatic heterocycles. The molecule has 2 rings (SSSR count). The second-order valence-corrected chi connectivity index (χ2v) is 4.67. The van der Waals surface area contributed by atoms with Gasteiger partial charge in [-0.3, -0.25) is 10.2 Å². The molecular weight excluding hydrogens is 230 g/mol. The maximum Gasteiger partial charge on any atom is 0.255 e. The molecule has 98 valence electrons. The van der Waals surface area contributed by atoms with Gasteiger partial charge in [-0.15, -0.1) is 0 Å². The number of nitrogens with zero attached hydrogens (tertiary/aromatic N) is 1. The predicted molar refractivity (Wildman–Crippen MR) is 69.0 cm³/mol. The van der Waals surface area contributed by atoms with E-state index in [1.54, 1.807) is 19.1 Å². The molecule has 1 aliphatic rings. The smallest absolute Gasteiger partial charge is 0.255 e. The summed E-state index contributed by atoms with van der Waals surface area (Å²) < 4.78 is 5.53. The Hall–Kier alpha value is -1.59. The molecular formula is C13H19N3O2. The number of nitrogens with two attached hydrogens (primary N) is 1. The summed E-state index contributed by atoms with van der Waals surface area (Å²) in [6.07, 6.45) is 1.99. The van der Waals surface area contributed by atoms with E-state index in [0.29, 0.717) is 0 Å². The lowest BCUT2D eigenvalue weighted by Gasteiger charge is -2.20. The fourth-order valence-corrected chi connectivity index (χ4v) is 2.02. The van der Waals surface area contributed by atoms with Gasteiger partial charge >= 0.3 is 0 Å². The highest BCUT2D eigenvalue weighted by Gasteiger charge is 2.19. The van der Waals surface area contributed by atoms with Crippen LogP contribution in [0.25, 0.3) is 0 Å². The molecule has 18 heavy (non-hydrogen) atoms. The number of aryl methyl sites for hydroxylation is 1. The average Bonchev–Trinajstić information content (AvgIpc) is 2.36. The summed E-state index contributed by atoms with van der Waals surface area (Å²) in [5.74, 6) is 0.696. The third-order valence-corrected chi connectivity index (χ3v) is 2.91. The molecule has 0 bridgehead atoms. The summed E-state index contributed by atoms with van der Waals surface area (Å²) in [5.41, 5.74) is 10.5. The van der Waals surface area contributed by atoms with Gasteiger partial charge in [0.2, 0.25) is 0 Å². The van der Waals surface area contributed by atoms with Gasteiger partial charge in [0, 0.05) is 14.1 Å². The zero-order chi connectivity index (χ0) is 13.1. The highest BCUT2D eigenvalue weighted by Crippen LogP contribution is 2.27. The van der Waals surface area contributed by atoms with Crippen molar-refractivity contribution in [2.45, 2.75) is 18.9 Å².